The molecule has 0 aliphatic carbocycles. The Bertz CT molecular complexity index is 528. The molecule has 0 unspecified atom stereocenters. The molecule has 1 atom stereocenters. The number of benzene rings is 1. The minimum Gasteiger partial charge on any atom is -0.315 e. The van der Waals surface area contributed by atoms with Crippen molar-refractivity contribution in [3.05, 3.63) is 27.1 Å². The summed E-state index contributed by atoms with van der Waals surface area (Å²) in [5.74, 6) is 0. The summed E-state index contributed by atoms with van der Waals surface area (Å²) in [6.07, 6.45) is 1.87. The SMILES string of the molecule is O=S(=O)(N[C@@H]1CCCNC1)c1cc(Br)ccc1Br. The fourth-order valence-corrected chi connectivity index (χ4v) is 4.69. The molecular formula is C11H14Br2N2O2S. The summed E-state index contributed by atoms with van der Waals surface area (Å²) in [5, 5.41) is 3.19. The van der Waals surface area contributed by atoms with E-state index >= 15 is 0 Å². The molecule has 2 N–H and O–H groups in total. The highest BCUT2D eigenvalue weighted by Gasteiger charge is 2.23. The quantitative estimate of drug-likeness (QED) is 0.822. The number of halogens is 2. The van der Waals surface area contributed by atoms with Crippen molar-refractivity contribution in [2.24, 2.45) is 0 Å². The first-order valence-electron chi connectivity index (χ1n) is 5.67. The highest BCUT2D eigenvalue weighted by molar-refractivity contribution is 9.11. The first-order chi connectivity index (χ1) is 8.49. The molecule has 100 valence electrons. The summed E-state index contributed by atoms with van der Waals surface area (Å²) in [7, 11) is -3.48. The third-order valence-electron chi connectivity index (χ3n) is 2.80. The predicted molar refractivity (Wildman–Crippen MR) is 78.1 cm³/mol. The van der Waals surface area contributed by atoms with Gasteiger partial charge in [-0.15, -0.1) is 0 Å². The van der Waals surface area contributed by atoms with E-state index < -0.39 is 10.0 Å². The zero-order valence-electron chi connectivity index (χ0n) is 9.62. The highest BCUT2D eigenvalue weighted by atomic mass is 79.9. The molecule has 4 nitrogen and oxygen atoms in total. The van der Waals surface area contributed by atoms with E-state index in [1.54, 1.807) is 18.2 Å². The van der Waals surface area contributed by atoms with Crippen molar-refractivity contribution in [3.63, 3.8) is 0 Å². The van der Waals surface area contributed by atoms with Gasteiger partial charge in [-0.3, -0.25) is 0 Å². The second-order valence-electron chi connectivity index (χ2n) is 4.24. The Balaban J connectivity index is 2.21. The Kier molecular flexibility index (Phi) is 4.82. The minimum atomic E-state index is -3.48. The van der Waals surface area contributed by atoms with Gasteiger partial charge in [0, 0.05) is 21.5 Å². The Labute approximate surface area is 124 Å². The zero-order valence-corrected chi connectivity index (χ0v) is 13.6. The van der Waals surface area contributed by atoms with Crippen LogP contribution in [0, 0.1) is 0 Å². The lowest BCUT2D eigenvalue weighted by atomic mass is 10.1. The molecule has 1 fully saturated rings. The van der Waals surface area contributed by atoms with Crippen molar-refractivity contribution in [3.8, 4) is 0 Å². The molecule has 2 rings (SSSR count). The summed E-state index contributed by atoms with van der Waals surface area (Å²) < 4.78 is 28.6. The number of piperidine rings is 1. The number of hydrogen-bond donors (Lipinski definition) is 2. The number of hydrogen-bond acceptors (Lipinski definition) is 3. The Hall–Kier alpha value is 0.0500. The summed E-state index contributed by atoms with van der Waals surface area (Å²) in [5.41, 5.74) is 0. The lowest BCUT2D eigenvalue weighted by Gasteiger charge is -2.23. The van der Waals surface area contributed by atoms with E-state index in [0.29, 0.717) is 11.0 Å². The molecule has 0 aromatic heterocycles. The lowest BCUT2D eigenvalue weighted by molar-refractivity contribution is 0.428. The summed E-state index contributed by atoms with van der Waals surface area (Å²) in [4.78, 5) is 0.266. The number of nitrogens with one attached hydrogen (secondary N) is 2. The van der Waals surface area contributed by atoms with Crippen LogP contribution < -0.4 is 10.0 Å². The fourth-order valence-electron chi connectivity index (χ4n) is 1.92. The summed E-state index contributed by atoms with van der Waals surface area (Å²) in [6.45, 7) is 1.64. The van der Waals surface area contributed by atoms with Gasteiger partial charge in [-0.2, -0.15) is 0 Å². The monoisotopic (exact) mass is 396 g/mol. The van der Waals surface area contributed by atoms with Gasteiger partial charge in [-0.05, 0) is 53.5 Å². The average Bonchev–Trinajstić information content (AvgIpc) is 2.33. The van der Waals surface area contributed by atoms with Crippen molar-refractivity contribution in [2.45, 2.75) is 23.8 Å². The van der Waals surface area contributed by atoms with E-state index in [1.807, 2.05) is 0 Å². The van der Waals surface area contributed by atoms with E-state index in [4.69, 9.17) is 0 Å². The van der Waals surface area contributed by atoms with E-state index in [1.165, 1.54) is 0 Å². The molecular weight excluding hydrogens is 384 g/mol. The van der Waals surface area contributed by atoms with E-state index in [0.717, 1.165) is 23.9 Å². The average molecular weight is 398 g/mol. The van der Waals surface area contributed by atoms with Crippen molar-refractivity contribution in [2.75, 3.05) is 13.1 Å². The maximum atomic E-state index is 12.3. The first-order valence-corrected chi connectivity index (χ1v) is 8.74. The molecule has 1 saturated heterocycles. The molecule has 0 radical (unpaired) electrons. The van der Waals surface area contributed by atoms with Crippen molar-refractivity contribution >= 4 is 41.9 Å². The minimum absolute atomic E-state index is 0.0327. The van der Waals surface area contributed by atoms with Crippen LogP contribution in [0.15, 0.2) is 32.0 Å². The second-order valence-corrected chi connectivity index (χ2v) is 7.69. The molecule has 18 heavy (non-hydrogen) atoms. The van der Waals surface area contributed by atoms with Crippen LogP contribution >= 0.6 is 31.9 Å². The van der Waals surface area contributed by atoms with Gasteiger partial charge in [-0.25, -0.2) is 13.1 Å². The van der Waals surface area contributed by atoms with Crippen LogP contribution in [-0.2, 0) is 10.0 Å². The van der Waals surface area contributed by atoms with Crippen molar-refractivity contribution < 1.29 is 8.42 Å². The molecule has 1 heterocycles. The molecule has 0 spiro atoms. The van der Waals surface area contributed by atoms with E-state index in [2.05, 4.69) is 41.9 Å². The molecule has 1 aromatic rings. The summed E-state index contributed by atoms with van der Waals surface area (Å²) >= 11 is 6.56. The molecule has 1 aromatic carbocycles. The molecule has 0 amide bonds. The van der Waals surface area contributed by atoms with Crippen LogP contribution in [0.2, 0.25) is 0 Å². The third-order valence-corrected chi connectivity index (χ3v) is 5.81. The standard InChI is InChI=1S/C11H14Br2N2O2S/c12-8-3-4-10(13)11(6-8)18(16,17)15-9-2-1-5-14-7-9/h3-4,6,9,14-15H,1-2,5,7H2/t9-/m1/s1. The topological polar surface area (TPSA) is 58.2 Å². The molecule has 0 bridgehead atoms. The Morgan fingerprint density at radius 1 is 1.33 bits per heavy atom. The third kappa shape index (κ3) is 3.54. The van der Waals surface area contributed by atoms with Crippen LogP contribution in [0.4, 0.5) is 0 Å². The van der Waals surface area contributed by atoms with Crippen LogP contribution in [0.3, 0.4) is 0 Å². The van der Waals surface area contributed by atoms with Crippen LogP contribution in [0.25, 0.3) is 0 Å². The van der Waals surface area contributed by atoms with Crippen molar-refractivity contribution in [1.82, 2.24) is 10.0 Å². The van der Waals surface area contributed by atoms with Crippen LogP contribution in [-0.4, -0.2) is 27.5 Å². The smallest absolute Gasteiger partial charge is 0.242 e. The van der Waals surface area contributed by atoms with Gasteiger partial charge in [0.2, 0.25) is 10.0 Å². The van der Waals surface area contributed by atoms with E-state index in [9.17, 15) is 8.42 Å². The molecule has 1 aliphatic rings. The second kappa shape index (κ2) is 6.00. The first kappa shape index (κ1) is 14.5. The van der Waals surface area contributed by atoms with Gasteiger partial charge < -0.3 is 5.32 Å². The summed E-state index contributed by atoms with van der Waals surface area (Å²) in [6, 6.07) is 5.08. The number of rotatable bonds is 3. The molecule has 0 saturated carbocycles. The maximum absolute atomic E-state index is 12.3. The molecule has 7 heteroatoms. The van der Waals surface area contributed by atoms with Gasteiger partial charge in [0.1, 0.15) is 0 Å². The predicted octanol–water partition coefficient (Wildman–Crippen LogP) is 2.24. The zero-order chi connectivity index (χ0) is 13.2. The molecule has 1 aliphatic heterocycles. The lowest BCUT2D eigenvalue weighted by Crippen LogP contribution is -2.45. The van der Waals surface area contributed by atoms with Crippen LogP contribution in [0.1, 0.15) is 12.8 Å². The maximum Gasteiger partial charge on any atom is 0.242 e. The van der Waals surface area contributed by atoms with Gasteiger partial charge in [0.15, 0.2) is 0 Å². The number of sulfonamides is 1. The normalized spacial score (nSPS) is 20.9. The largest absolute Gasteiger partial charge is 0.315 e. The van der Waals surface area contributed by atoms with Crippen molar-refractivity contribution in [1.29, 1.82) is 0 Å². The van der Waals surface area contributed by atoms with Crippen LogP contribution in [0.5, 0.6) is 0 Å². The van der Waals surface area contributed by atoms with Gasteiger partial charge in [0.25, 0.3) is 0 Å². The van der Waals surface area contributed by atoms with Gasteiger partial charge >= 0.3 is 0 Å². The van der Waals surface area contributed by atoms with Gasteiger partial charge in [-0.1, -0.05) is 15.9 Å². The van der Waals surface area contributed by atoms with E-state index in [-0.39, 0.29) is 10.9 Å². The Morgan fingerprint density at radius 3 is 2.78 bits per heavy atom. The highest BCUT2D eigenvalue weighted by Crippen LogP contribution is 2.26. The van der Waals surface area contributed by atoms with Gasteiger partial charge in [0.05, 0.1) is 4.90 Å². The Morgan fingerprint density at radius 2 is 2.11 bits per heavy atom. The fraction of sp³-hybridized carbons (Fsp3) is 0.455.